The first kappa shape index (κ1) is 8.91. The summed E-state index contributed by atoms with van der Waals surface area (Å²) >= 11 is 0. The van der Waals surface area contributed by atoms with Crippen LogP contribution in [0.25, 0.3) is 0 Å². The molecular formula is C10H10F2. The molecule has 0 aliphatic rings. The van der Waals surface area contributed by atoms with Gasteiger partial charge in [-0.25, -0.2) is 8.78 Å². The maximum absolute atomic E-state index is 12.6. The first-order valence-corrected chi connectivity index (χ1v) is 3.68. The van der Waals surface area contributed by atoms with Crippen molar-refractivity contribution in [3.8, 4) is 0 Å². The molecule has 0 fully saturated rings. The first-order valence-electron chi connectivity index (χ1n) is 3.68. The summed E-state index contributed by atoms with van der Waals surface area (Å²) < 4.78 is 25.1. The molecule has 0 heterocycles. The summed E-state index contributed by atoms with van der Waals surface area (Å²) in [4.78, 5) is 0. The predicted octanol–water partition coefficient (Wildman–Crippen LogP) is 3.08. The van der Waals surface area contributed by atoms with Crippen molar-refractivity contribution in [2.75, 3.05) is 0 Å². The molecule has 0 N–H and O–H groups in total. The van der Waals surface area contributed by atoms with Crippen molar-refractivity contribution >= 4 is 0 Å². The molecule has 1 aromatic carbocycles. The molecule has 0 nitrogen and oxygen atoms in total. The van der Waals surface area contributed by atoms with E-state index in [0.29, 0.717) is 6.42 Å². The molecule has 0 radical (unpaired) electrons. The molecule has 0 unspecified atom stereocenters. The molecule has 1 aromatic rings. The van der Waals surface area contributed by atoms with Gasteiger partial charge in [0.25, 0.3) is 0 Å². The van der Waals surface area contributed by atoms with Crippen LogP contribution in [0.1, 0.15) is 12.5 Å². The Hall–Kier alpha value is -1.18. The highest BCUT2D eigenvalue weighted by atomic mass is 19.2. The van der Waals surface area contributed by atoms with Gasteiger partial charge in [-0.05, 0) is 31.0 Å². The van der Waals surface area contributed by atoms with Crippen LogP contribution in [0, 0.1) is 11.6 Å². The van der Waals surface area contributed by atoms with Crippen molar-refractivity contribution in [1.82, 2.24) is 0 Å². The van der Waals surface area contributed by atoms with E-state index in [2.05, 4.69) is 6.58 Å². The number of hydrogen-bond acceptors (Lipinski definition) is 0. The van der Waals surface area contributed by atoms with E-state index in [0.717, 1.165) is 17.2 Å². The Morgan fingerprint density at radius 3 is 2.50 bits per heavy atom. The lowest BCUT2D eigenvalue weighted by atomic mass is 10.1. The number of allylic oxidation sites excluding steroid dienone is 1. The molecule has 64 valence electrons. The lowest BCUT2D eigenvalue weighted by Crippen LogP contribution is -1.89. The molecule has 0 saturated carbocycles. The third-order valence-corrected chi connectivity index (χ3v) is 1.49. The molecule has 0 spiro atoms. The van der Waals surface area contributed by atoms with Gasteiger partial charge in [0.05, 0.1) is 0 Å². The lowest BCUT2D eigenvalue weighted by molar-refractivity contribution is 0.507. The van der Waals surface area contributed by atoms with E-state index in [1.165, 1.54) is 6.07 Å². The van der Waals surface area contributed by atoms with Gasteiger partial charge in [0.2, 0.25) is 0 Å². The lowest BCUT2D eigenvalue weighted by Gasteiger charge is -2.00. The third kappa shape index (κ3) is 2.16. The average Bonchev–Trinajstić information content (AvgIpc) is 1.96. The quantitative estimate of drug-likeness (QED) is 0.595. The predicted molar refractivity (Wildman–Crippen MR) is 44.9 cm³/mol. The van der Waals surface area contributed by atoms with Crippen LogP contribution in [-0.2, 0) is 6.42 Å². The zero-order valence-corrected chi connectivity index (χ0v) is 6.90. The number of halogens is 2. The fourth-order valence-corrected chi connectivity index (χ4v) is 0.998. The van der Waals surface area contributed by atoms with E-state index in [1.54, 1.807) is 6.07 Å². The van der Waals surface area contributed by atoms with Gasteiger partial charge in [-0.15, -0.1) is 0 Å². The number of benzene rings is 1. The normalized spacial score (nSPS) is 9.92. The second-order valence-corrected chi connectivity index (χ2v) is 2.88. The molecule has 2 heteroatoms. The van der Waals surface area contributed by atoms with Crippen molar-refractivity contribution in [3.63, 3.8) is 0 Å². The highest BCUT2D eigenvalue weighted by Crippen LogP contribution is 2.11. The zero-order valence-electron chi connectivity index (χ0n) is 6.90. The van der Waals surface area contributed by atoms with E-state index in [4.69, 9.17) is 0 Å². The Balaban J connectivity index is 2.89. The minimum absolute atomic E-state index is 0.594. The van der Waals surface area contributed by atoms with Crippen molar-refractivity contribution in [3.05, 3.63) is 47.5 Å². The second kappa shape index (κ2) is 3.48. The summed E-state index contributed by atoms with van der Waals surface area (Å²) in [6.07, 6.45) is 0.594. The van der Waals surface area contributed by atoms with Gasteiger partial charge in [0.1, 0.15) is 0 Å². The van der Waals surface area contributed by atoms with Gasteiger partial charge in [0.15, 0.2) is 11.6 Å². The van der Waals surface area contributed by atoms with Crippen LogP contribution in [0.3, 0.4) is 0 Å². The summed E-state index contributed by atoms with van der Waals surface area (Å²) in [5.41, 5.74) is 1.68. The Bertz CT molecular complexity index is 303. The number of hydrogen-bond donors (Lipinski definition) is 0. The van der Waals surface area contributed by atoms with Crippen LogP contribution in [0.15, 0.2) is 30.4 Å². The van der Waals surface area contributed by atoms with Crippen LogP contribution in [-0.4, -0.2) is 0 Å². The van der Waals surface area contributed by atoms with Crippen LogP contribution < -0.4 is 0 Å². The summed E-state index contributed by atoms with van der Waals surface area (Å²) in [5, 5.41) is 0. The van der Waals surface area contributed by atoms with Crippen LogP contribution in [0.5, 0.6) is 0 Å². The summed E-state index contributed by atoms with van der Waals surface area (Å²) in [6.45, 7) is 5.53. The molecule has 0 bridgehead atoms. The number of rotatable bonds is 2. The van der Waals surface area contributed by atoms with Crippen molar-refractivity contribution in [2.24, 2.45) is 0 Å². The van der Waals surface area contributed by atoms with Crippen molar-refractivity contribution < 1.29 is 8.78 Å². The standard InChI is InChI=1S/C10H10F2/c1-7(2)5-8-3-4-9(11)10(12)6-8/h3-4,6H,1,5H2,2H3. The molecule has 0 atom stereocenters. The minimum atomic E-state index is -0.805. The molecule has 0 aliphatic heterocycles. The maximum atomic E-state index is 12.6. The maximum Gasteiger partial charge on any atom is 0.159 e. The Morgan fingerprint density at radius 1 is 1.33 bits per heavy atom. The second-order valence-electron chi connectivity index (χ2n) is 2.88. The zero-order chi connectivity index (χ0) is 9.14. The average molecular weight is 168 g/mol. The smallest absolute Gasteiger partial charge is 0.159 e. The van der Waals surface area contributed by atoms with E-state index < -0.39 is 11.6 Å². The SMILES string of the molecule is C=C(C)Cc1ccc(F)c(F)c1. The Morgan fingerprint density at radius 2 is 2.00 bits per heavy atom. The van der Waals surface area contributed by atoms with Crippen molar-refractivity contribution in [2.45, 2.75) is 13.3 Å². The summed E-state index contributed by atoms with van der Waals surface area (Å²) in [6, 6.07) is 3.89. The highest BCUT2D eigenvalue weighted by molar-refractivity contribution is 5.21. The third-order valence-electron chi connectivity index (χ3n) is 1.49. The molecule has 0 aromatic heterocycles. The molecule has 12 heavy (non-hydrogen) atoms. The van der Waals surface area contributed by atoms with Crippen LogP contribution in [0.2, 0.25) is 0 Å². The van der Waals surface area contributed by atoms with Gasteiger partial charge in [-0.3, -0.25) is 0 Å². The van der Waals surface area contributed by atoms with Gasteiger partial charge in [0, 0.05) is 0 Å². The van der Waals surface area contributed by atoms with E-state index >= 15 is 0 Å². The first-order chi connectivity index (χ1) is 5.59. The van der Waals surface area contributed by atoms with Crippen LogP contribution >= 0.6 is 0 Å². The van der Waals surface area contributed by atoms with Gasteiger partial charge in [-0.2, -0.15) is 0 Å². The Labute approximate surface area is 70.5 Å². The fraction of sp³-hybridized carbons (Fsp3) is 0.200. The van der Waals surface area contributed by atoms with E-state index in [-0.39, 0.29) is 0 Å². The van der Waals surface area contributed by atoms with Gasteiger partial charge in [-0.1, -0.05) is 18.2 Å². The molecule has 0 saturated heterocycles. The molecule has 0 amide bonds. The van der Waals surface area contributed by atoms with Gasteiger partial charge >= 0.3 is 0 Å². The summed E-state index contributed by atoms with van der Waals surface area (Å²) in [7, 11) is 0. The monoisotopic (exact) mass is 168 g/mol. The Kier molecular flexibility index (Phi) is 2.58. The van der Waals surface area contributed by atoms with Gasteiger partial charge < -0.3 is 0 Å². The topological polar surface area (TPSA) is 0 Å². The fourth-order valence-electron chi connectivity index (χ4n) is 0.998. The van der Waals surface area contributed by atoms with Crippen LogP contribution in [0.4, 0.5) is 8.78 Å². The molecule has 1 rings (SSSR count). The van der Waals surface area contributed by atoms with E-state index in [1.807, 2.05) is 6.92 Å². The molecule has 0 aliphatic carbocycles. The minimum Gasteiger partial charge on any atom is -0.204 e. The van der Waals surface area contributed by atoms with E-state index in [9.17, 15) is 8.78 Å². The highest BCUT2D eigenvalue weighted by Gasteiger charge is 2.01. The van der Waals surface area contributed by atoms with Crippen molar-refractivity contribution in [1.29, 1.82) is 0 Å². The summed E-state index contributed by atoms with van der Waals surface area (Å²) in [5.74, 6) is -1.60. The molecular weight excluding hydrogens is 158 g/mol. The largest absolute Gasteiger partial charge is 0.204 e.